The van der Waals surface area contributed by atoms with Crippen molar-refractivity contribution in [3.05, 3.63) is 34.6 Å². The van der Waals surface area contributed by atoms with Gasteiger partial charge < -0.3 is 5.11 Å². The van der Waals surface area contributed by atoms with Crippen molar-refractivity contribution >= 4 is 23.4 Å². The van der Waals surface area contributed by atoms with Gasteiger partial charge in [0, 0.05) is 22.9 Å². The topological polar surface area (TPSA) is 20.2 Å². The highest BCUT2D eigenvalue weighted by atomic mass is 35.5. The first-order valence-corrected chi connectivity index (χ1v) is 5.90. The Labute approximate surface area is 92.3 Å². The number of rotatable bonds is 5. The third kappa shape index (κ3) is 3.48. The maximum atomic E-state index is 13.2. The van der Waals surface area contributed by atoms with E-state index in [1.807, 2.05) is 0 Å². The number of thioether (sulfide) groups is 1. The quantitative estimate of drug-likeness (QED) is 0.791. The molecule has 0 bridgehead atoms. The van der Waals surface area contributed by atoms with Gasteiger partial charge in [-0.1, -0.05) is 17.7 Å². The lowest BCUT2D eigenvalue weighted by atomic mass is 10.2. The number of aliphatic hydroxyl groups excluding tert-OH is 1. The van der Waals surface area contributed by atoms with E-state index in [4.69, 9.17) is 16.7 Å². The summed E-state index contributed by atoms with van der Waals surface area (Å²) >= 11 is 7.41. The Morgan fingerprint density at radius 3 is 2.86 bits per heavy atom. The minimum atomic E-state index is -0.256. The molecule has 0 atom stereocenters. The molecule has 0 aliphatic rings. The zero-order valence-electron chi connectivity index (χ0n) is 7.67. The number of hydrogen-bond donors (Lipinski definition) is 1. The summed E-state index contributed by atoms with van der Waals surface area (Å²) in [5, 5.41) is 9.03. The molecular weight excluding hydrogens is 223 g/mol. The minimum absolute atomic E-state index is 0.179. The second-order valence-corrected chi connectivity index (χ2v) is 4.34. The molecule has 1 N–H and O–H groups in total. The highest BCUT2D eigenvalue weighted by molar-refractivity contribution is 7.98. The number of hydrogen-bond acceptors (Lipinski definition) is 2. The molecule has 1 rings (SSSR count). The first-order chi connectivity index (χ1) is 6.75. The van der Waals surface area contributed by atoms with Crippen LogP contribution in [0.15, 0.2) is 18.2 Å². The van der Waals surface area contributed by atoms with Gasteiger partial charge in [-0.3, -0.25) is 0 Å². The van der Waals surface area contributed by atoms with Gasteiger partial charge in [-0.05, 0) is 24.3 Å². The van der Waals surface area contributed by atoms with Gasteiger partial charge in [0.1, 0.15) is 5.82 Å². The van der Waals surface area contributed by atoms with Crippen LogP contribution in [-0.2, 0) is 5.75 Å². The SMILES string of the molecule is OCCCSCc1c(F)cccc1Cl. The molecule has 0 heterocycles. The third-order valence-electron chi connectivity index (χ3n) is 1.75. The summed E-state index contributed by atoms with van der Waals surface area (Å²) < 4.78 is 13.2. The highest BCUT2D eigenvalue weighted by Crippen LogP contribution is 2.23. The lowest BCUT2D eigenvalue weighted by molar-refractivity contribution is 0.296. The smallest absolute Gasteiger partial charge is 0.128 e. The average Bonchev–Trinajstić information content (AvgIpc) is 2.16. The molecule has 0 aromatic heterocycles. The summed E-state index contributed by atoms with van der Waals surface area (Å²) in [5.41, 5.74) is 0.553. The van der Waals surface area contributed by atoms with Crippen LogP contribution in [0.3, 0.4) is 0 Å². The van der Waals surface area contributed by atoms with Crippen molar-refractivity contribution in [1.82, 2.24) is 0 Å². The fourth-order valence-corrected chi connectivity index (χ4v) is 2.30. The second kappa shape index (κ2) is 6.27. The molecule has 4 heteroatoms. The molecule has 78 valence electrons. The predicted molar refractivity (Wildman–Crippen MR) is 59.3 cm³/mol. The molecular formula is C10H12ClFOS. The van der Waals surface area contributed by atoms with Crippen LogP contribution in [0.5, 0.6) is 0 Å². The molecule has 0 saturated carbocycles. The number of benzene rings is 1. The summed E-state index contributed by atoms with van der Waals surface area (Å²) in [6.45, 7) is 0.179. The van der Waals surface area contributed by atoms with Gasteiger partial charge in [-0.2, -0.15) is 11.8 Å². The van der Waals surface area contributed by atoms with Crippen LogP contribution in [0, 0.1) is 5.82 Å². The maximum absolute atomic E-state index is 13.2. The zero-order chi connectivity index (χ0) is 10.4. The number of aliphatic hydroxyl groups is 1. The predicted octanol–water partition coefficient (Wildman–Crippen LogP) is 3.09. The van der Waals surface area contributed by atoms with Crippen molar-refractivity contribution in [3.63, 3.8) is 0 Å². The van der Waals surface area contributed by atoms with Crippen LogP contribution in [0.2, 0.25) is 5.02 Å². The molecule has 14 heavy (non-hydrogen) atoms. The molecule has 0 amide bonds. The van der Waals surface area contributed by atoms with Gasteiger partial charge >= 0.3 is 0 Å². The van der Waals surface area contributed by atoms with Gasteiger partial charge in [-0.15, -0.1) is 0 Å². The zero-order valence-corrected chi connectivity index (χ0v) is 9.24. The summed E-state index contributed by atoms with van der Waals surface area (Å²) in [5.74, 6) is 1.13. The molecule has 1 aromatic rings. The maximum Gasteiger partial charge on any atom is 0.128 e. The molecule has 0 unspecified atom stereocenters. The second-order valence-electron chi connectivity index (χ2n) is 2.83. The molecule has 0 spiro atoms. The Bertz CT molecular complexity index is 273. The normalized spacial score (nSPS) is 10.5. The van der Waals surface area contributed by atoms with Gasteiger partial charge in [0.25, 0.3) is 0 Å². The van der Waals surface area contributed by atoms with Gasteiger partial charge in [0.15, 0.2) is 0 Å². The monoisotopic (exact) mass is 234 g/mol. The standard InChI is InChI=1S/C10H12ClFOS/c11-9-3-1-4-10(12)8(9)7-14-6-2-5-13/h1,3-4,13H,2,5-7H2. The van der Waals surface area contributed by atoms with Crippen LogP contribution in [-0.4, -0.2) is 17.5 Å². The van der Waals surface area contributed by atoms with E-state index in [-0.39, 0.29) is 12.4 Å². The Balaban J connectivity index is 2.49. The summed E-state index contributed by atoms with van der Waals surface area (Å²) in [4.78, 5) is 0. The molecule has 0 fully saturated rings. The van der Waals surface area contributed by atoms with Crippen molar-refractivity contribution in [2.75, 3.05) is 12.4 Å². The van der Waals surface area contributed by atoms with E-state index in [2.05, 4.69) is 0 Å². The van der Waals surface area contributed by atoms with E-state index >= 15 is 0 Å². The molecule has 0 radical (unpaired) electrons. The largest absolute Gasteiger partial charge is 0.396 e. The van der Waals surface area contributed by atoms with Crippen molar-refractivity contribution in [3.8, 4) is 0 Å². The Kier molecular flexibility index (Phi) is 5.30. The Morgan fingerprint density at radius 1 is 1.43 bits per heavy atom. The third-order valence-corrected chi connectivity index (χ3v) is 3.18. The molecule has 0 aliphatic carbocycles. The van der Waals surface area contributed by atoms with Crippen molar-refractivity contribution < 1.29 is 9.50 Å². The van der Waals surface area contributed by atoms with Crippen LogP contribution >= 0.6 is 23.4 Å². The van der Waals surface area contributed by atoms with E-state index in [0.717, 1.165) is 12.2 Å². The van der Waals surface area contributed by atoms with Gasteiger partial charge in [-0.25, -0.2) is 4.39 Å². The number of halogens is 2. The first kappa shape index (κ1) is 11.8. The van der Waals surface area contributed by atoms with Gasteiger partial charge in [0.2, 0.25) is 0 Å². The van der Waals surface area contributed by atoms with Crippen LogP contribution < -0.4 is 0 Å². The average molecular weight is 235 g/mol. The van der Waals surface area contributed by atoms with Crippen LogP contribution in [0.25, 0.3) is 0 Å². The van der Waals surface area contributed by atoms with Crippen molar-refractivity contribution in [1.29, 1.82) is 0 Å². The molecule has 1 nitrogen and oxygen atoms in total. The fraction of sp³-hybridized carbons (Fsp3) is 0.400. The first-order valence-electron chi connectivity index (χ1n) is 4.37. The van der Waals surface area contributed by atoms with Gasteiger partial charge in [0.05, 0.1) is 0 Å². The lowest BCUT2D eigenvalue weighted by Crippen LogP contribution is -1.91. The van der Waals surface area contributed by atoms with E-state index in [9.17, 15) is 4.39 Å². The molecule has 0 aliphatic heterocycles. The fourth-order valence-electron chi connectivity index (χ4n) is 1.01. The van der Waals surface area contributed by atoms with Crippen molar-refractivity contribution in [2.45, 2.75) is 12.2 Å². The lowest BCUT2D eigenvalue weighted by Gasteiger charge is -2.04. The molecule has 0 saturated heterocycles. The van der Waals surface area contributed by atoms with E-state index in [0.29, 0.717) is 16.3 Å². The van der Waals surface area contributed by atoms with E-state index in [1.54, 1.807) is 23.9 Å². The summed E-state index contributed by atoms with van der Waals surface area (Å²) in [7, 11) is 0. The Hall–Kier alpha value is -0.250. The summed E-state index contributed by atoms with van der Waals surface area (Å²) in [6.07, 6.45) is 0.733. The highest BCUT2D eigenvalue weighted by Gasteiger charge is 2.05. The Morgan fingerprint density at radius 2 is 2.21 bits per heavy atom. The van der Waals surface area contributed by atoms with Crippen LogP contribution in [0.4, 0.5) is 4.39 Å². The van der Waals surface area contributed by atoms with Crippen LogP contribution in [0.1, 0.15) is 12.0 Å². The summed E-state index contributed by atoms with van der Waals surface area (Å²) in [6, 6.07) is 4.69. The molecule has 1 aromatic carbocycles. The minimum Gasteiger partial charge on any atom is -0.396 e. The van der Waals surface area contributed by atoms with E-state index < -0.39 is 0 Å². The van der Waals surface area contributed by atoms with Crippen molar-refractivity contribution in [2.24, 2.45) is 0 Å². The van der Waals surface area contributed by atoms with E-state index in [1.165, 1.54) is 6.07 Å².